The number of rotatable bonds is 6. The number of carbonyl (C=O) groups excluding carboxylic acids is 1. The zero-order valence-electron chi connectivity index (χ0n) is 16.8. The van der Waals surface area contributed by atoms with E-state index in [2.05, 4.69) is 10.3 Å². The molecular weight excluding hydrogens is 374 g/mol. The van der Waals surface area contributed by atoms with Gasteiger partial charge < -0.3 is 5.32 Å². The summed E-state index contributed by atoms with van der Waals surface area (Å²) in [7, 11) is 0. The normalized spacial score (nSPS) is 11.0. The Morgan fingerprint density at radius 3 is 2.20 bits per heavy atom. The molecule has 150 valence electrons. The topological polar surface area (TPSA) is 64.0 Å². The monoisotopic (exact) mass is 397 g/mol. The predicted octanol–water partition coefficient (Wildman–Crippen LogP) is 4.00. The first kappa shape index (κ1) is 19.6. The molecule has 0 spiro atoms. The van der Waals surface area contributed by atoms with Crippen LogP contribution in [0.15, 0.2) is 90.0 Å². The number of nitrogens with one attached hydrogen (secondary N) is 1. The Balaban J connectivity index is 1.51. The maximum atomic E-state index is 12.8. The van der Waals surface area contributed by atoms with E-state index in [-0.39, 0.29) is 30.5 Å². The van der Waals surface area contributed by atoms with Gasteiger partial charge >= 0.3 is 0 Å². The van der Waals surface area contributed by atoms with E-state index in [4.69, 9.17) is 0 Å². The molecule has 3 aromatic carbocycles. The van der Waals surface area contributed by atoms with Gasteiger partial charge in [-0.05, 0) is 29.7 Å². The van der Waals surface area contributed by atoms with Gasteiger partial charge in [0.2, 0.25) is 5.91 Å². The lowest BCUT2D eigenvalue weighted by Gasteiger charge is -2.20. The molecule has 1 amide bonds. The molecule has 0 aliphatic heterocycles. The lowest BCUT2D eigenvalue weighted by Crippen LogP contribution is -2.31. The van der Waals surface area contributed by atoms with Crippen molar-refractivity contribution in [2.75, 3.05) is 0 Å². The Morgan fingerprint density at radius 2 is 1.57 bits per heavy atom. The summed E-state index contributed by atoms with van der Waals surface area (Å²) in [5.41, 5.74) is 3.56. The maximum absolute atomic E-state index is 12.8. The van der Waals surface area contributed by atoms with Gasteiger partial charge in [-0.25, -0.2) is 4.98 Å². The van der Waals surface area contributed by atoms with Gasteiger partial charge in [-0.3, -0.25) is 14.2 Å². The SMILES string of the molecule is Cc1cccc2c(=O)n(CCC(=O)NC(c3ccccc3)c3ccccc3)cnc12. The van der Waals surface area contributed by atoms with Crippen LogP contribution in [0.3, 0.4) is 0 Å². The van der Waals surface area contributed by atoms with Crippen LogP contribution in [0, 0.1) is 6.92 Å². The van der Waals surface area contributed by atoms with Crippen LogP contribution in [-0.2, 0) is 11.3 Å². The van der Waals surface area contributed by atoms with Crippen LogP contribution in [-0.4, -0.2) is 15.5 Å². The third-order valence-corrected chi connectivity index (χ3v) is 5.21. The van der Waals surface area contributed by atoms with Gasteiger partial charge in [-0.1, -0.05) is 72.8 Å². The molecule has 4 aromatic rings. The molecule has 0 saturated carbocycles. The maximum Gasteiger partial charge on any atom is 0.261 e. The molecule has 5 nitrogen and oxygen atoms in total. The standard InChI is InChI=1S/C25H23N3O2/c1-18-9-8-14-21-23(18)26-17-28(25(21)30)16-15-22(29)27-24(19-10-4-2-5-11-19)20-12-6-3-7-13-20/h2-14,17,24H,15-16H2,1H3,(H,27,29). The summed E-state index contributed by atoms with van der Waals surface area (Å²) >= 11 is 0. The van der Waals surface area contributed by atoms with Crippen molar-refractivity contribution >= 4 is 16.8 Å². The smallest absolute Gasteiger partial charge is 0.261 e. The molecule has 0 saturated heterocycles. The summed E-state index contributed by atoms with van der Waals surface area (Å²) in [6.07, 6.45) is 1.71. The van der Waals surface area contributed by atoms with E-state index in [1.165, 1.54) is 10.9 Å². The first-order valence-corrected chi connectivity index (χ1v) is 9.97. The second kappa shape index (κ2) is 8.74. The van der Waals surface area contributed by atoms with E-state index in [9.17, 15) is 9.59 Å². The number of fused-ring (bicyclic) bond motifs is 1. The minimum absolute atomic E-state index is 0.121. The minimum Gasteiger partial charge on any atom is -0.345 e. The lowest BCUT2D eigenvalue weighted by atomic mass is 9.98. The van der Waals surface area contributed by atoms with Gasteiger partial charge in [0.15, 0.2) is 0 Å². The number of hydrogen-bond acceptors (Lipinski definition) is 3. The van der Waals surface area contributed by atoms with Crippen LogP contribution >= 0.6 is 0 Å². The minimum atomic E-state index is -0.242. The molecular formula is C25H23N3O2. The number of benzene rings is 3. The molecule has 0 unspecified atom stereocenters. The van der Waals surface area contributed by atoms with Gasteiger partial charge in [0.1, 0.15) is 0 Å². The Morgan fingerprint density at radius 1 is 0.933 bits per heavy atom. The average Bonchev–Trinajstić information content (AvgIpc) is 2.79. The van der Waals surface area contributed by atoms with Gasteiger partial charge in [0, 0.05) is 13.0 Å². The van der Waals surface area contributed by atoms with Gasteiger partial charge in [0.25, 0.3) is 5.56 Å². The zero-order valence-corrected chi connectivity index (χ0v) is 16.8. The highest BCUT2D eigenvalue weighted by molar-refractivity contribution is 5.80. The van der Waals surface area contributed by atoms with E-state index in [0.29, 0.717) is 10.9 Å². The fourth-order valence-electron chi connectivity index (χ4n) is 3.60. The summed E-state index contributed by atoms with van der Waals surface area (Å²) in [5, 5.41) is 3.68. The van der Waals surface area contributed by atoms with Gasteiger partial charge in [-0.15, -0.1) is 0 Å². The molecule has 0 aliphatic carbocycles. The van der Waals surface area contributed by atoms with Crippen molar-refractivity contribution in [3.63, 3.8) is 0 Å². The Bertz CT molecular complexity index is 1180. The first-order valence-electron chi connectivity index (χ1n) is 9.97. The number of nitrogens with zero attached hydrogens (tertiary/aromatic N) is 2. The van der Waals surface area contributed by atoms with Crippen molar-refractivity contribution in [2.24, 2.45) is 0 Å². The van der Waals surface area contributed by atoms with E-state index < -0.39 is 0 Å². The van der Waals surface area contributed by atoms with E-state index >= 15 is 0 Å². The fraction of sp³-hybridized carbons (Fsp3) is 0.160. The molecule has 1 N–H and O–H groups in total. The van der Waals surface area contributed by atoms with Crippen LogP contribution in [0.4, 0.5) is 0 Å². The summed E-state index contributed by atoms with van der Waals surface area (Å²) < 4.78 is 1.50. The van der Waals surface area contributed by atoms with Crippen molar-refractivity contribution in [2.45, 2.75) is 25.9 Å². The number of para-hydroxylation sites is 1. The Kier molecular flexibility index (Phi) is 5.70. The van der Waals surface area contributed by atoms with Crippen LogP contribution < -0.4 is 10.9 Å². The highest BCUT2D eigenvalue weighted by atomic mass is 16.2. The summed E-state index contributed by atoms with van der Waals surface area (Å²) in [6, 6.07) is 25.0. The highest BCUT2D eigenvalue weighted by Gasteiger charge is 2.17. The highest BCUT2D eigenvalue weighted by Crippen LogP contribution is 2.21. The van der Waals surface area contributed by atoms with E-state index in [1.54, 1.807) is 6.07 Å². The molecule has 5 heteroatoms. The van der Waals surface area contributed by atoms with Crippen molar-refractivity contribution in [1.29, 1.82) is 0 Å². The predicted molar refractivity (Wildman–Crippen MR) is 118 cm³/mol. The average molecular weight is 397 g/mol. The number of amides is 1. The van der Waals surface area contributed by atoms with Crippen LogP contribution in [0.1, 0.15) is 29.2 Å². The van der Waals surface area contributed by atoms with Crippen LogP contribution in [0.5, 0.6) is 0 Å². The quantitative estimate of drug-likeness (QED) is 0.535. The third-order valence-electron chi connectivity index (χ3n) is 5.21. The van der Waals surface area contributed by atoms with Crippen molar-refractivity contribution in [3.8, 4) is 0 Å². The number of hydrogen-bond donors (Lipinski definition) is 1. The Hall–Kier alpha value is -3.73. The van der Waals surface area contributed by atoms with E-state index in [1.807, 2.05) is 79.7 Å². The summed E-state index contributed by atoms with van der Waals surface area (Å²) in [6.45, 7) is 2.21. The molecule has 0 bridgehead atoms. The molecule has 4 rings (SSSR count). The number of aromatic nitrogens is 2. The summed E-state index contributed by atoms with van der Waals surface area (Å²) in [5.74, 6) is -0.121. The number of aryl methyl sites for hydroxylation is 2. The number of carbonyl (C=O) groups is 1. The van der Waals surface area contributed by atoms with Crippen LogP contribution in [0.2, 0.25) is 0 Å². The van der Waals surface area contributed by atoms with Gasteiger partial charge in [-0.2, -0.15) is 0 Å². The molecule has 1 aromatic heterocycles. The molecule has 0 atom stereocenters. The first-order chi connectivity index (χ1) is 14.6. The Labute approximate surface area is 175 Å². The third kappa shape index (κ3) is 4.15. The molecule has 0 aliphatic rings. The molecule has 0 fully saturated rings. The summed E-state index contributed by atoms with van der Waals surface area (Å²) in [4.78, 5) is 29.9. The second-order valence-electron chi connectivity index (χ2n) is 7.29. The molecule has 0 radical (unpaired) electrons. The van der Waals surface area contributed by atoms with Crippen molar-refractivity contribution in [1.82, 2.24) is 14.9 Å². The van der Waals surface area contributed by atoms with Crippen LogP contribution in [0.25, 0.3) is 10.9 Å². The lowest BCUT2D eigenvalue weighted by molar-refractivity contribution is -0.121. The van der Waals surface area contributed by atoms with E-state index in [0.717, 1.165) is 16.7 Å². The molecule has 30 heavy (non-hydrogen) atoms. The fourth-order valence-corrected chi connectivity index (χ4v) is 3.60. The zero-order chi connectivity index (χ0) is 20.9. The van der Waals surface area contributed by atoms with Crippen molar-refractivity contribution in [3.05, 3.63) is 112 Å². The van der Waals surface area contributed by atoms with Crippen molar-refractivity contribution < 1.29 is 4.79 Å². The molecule has 1 heterocycles. The largest absolute Gasteiger partial charge is 0.345 e. The second-order valence-corrected chi connectivity index (χ2v) is 7.29. The van der Waals surface area contributed by atoms with Gasteiger partial charge in [0.05, 0.1) is 23.3 Å².